The van der Waals surface area contributed by atoms with Crippen molar-refractivity contribution in [2.45, 2.75) is 37.0 Å². The fraction of sp³-hybridized carbons (Fsp3) is 0.368. The number of nitrogens with zero attached hydrogens (tertiary/aromatic N) is 3. The van der Waals surface area contributed by atoms with E-state index in [-0.39, 0.29) is 28.8 Å². The van der Waals surface area contributed by atoms with E-state index in [1.165, 1.54) is 0 Å². The van der Waals surface area contributed by atoms with Crippen LogP contribution < -0.4 is 5.32 Å². The van der Waals surface area contributed by atoms with Gasteiger partial charge in [-0.25, -0.2) is 0 Å². The Morgan fingerprint density at radius 2 is 2.04 bits per heavy atom. The van der Waals surface area contributed by atoms with Gasteiger partial charge in [0.25, 0.3) is 5.91 Å². The molecule has 0 radical (unpaired) electrons. The molecule has 27 heavy (non-hydrogen) atoms. The van der Waals surface area contributed by atoms with Crippen LogP contribution in [0.25, 0.3) is 11.3 Å². The lowest BCUT2D eigenvalue weighted by atomic mass is 9.80. The van der Waals surface area contributed by atoms with Gasteiger partial charge in [-0.3, -0.25) is 4.79 Å². The zero-order valence-corrected chi connectivity index (χ0v) is 15.9. The van der Waals surface area contributed by atoms with Gasteiger partial charge in [0.1, 0.15) is 0 Å². The highest BCUT2D eigenvalue weighted by atomic mass is 32.2. The molecule has 1 amide bonds. The van der Waals surface area contributed by atoms with E-state index in [0.717, 1.165) is 18.4 Å². The maximum Gasteiger partial charge on any atom is 0.273 e. The van der Waals surface area contributed by atoms with E-state index in [9.17, 15) is 4.79 Å². The Hall–Kier alpha value is -2.61. The van der Waals surface area contributed by atoms with Crippen molar-refractivity contribution in [3.63, 3.8) is 0 Å². The molecule has 0 unspecified atom stereocenters. The minimum atomic E-state index is -0.230. The van der Waals surface area contributed by atoms with Gasteiger partial charge in [0.15, 0.2) is 11.5 Å². The van der Waals surface area contributed by atoms with Crippen LogP contribution in [-0.4, -0.2) is 33.6 Å². The van der Waals surface area contributed by atoms with Crippen molar-refractivity contribution < 1.29 is 13.7 Å². The molecule has 1 aromatic carbocycles. The minimum Gasteiger partial charge on any atom is -0.424 e. The van der Waals surface area contributed by atoms with Crippen LogP contribution in [-0.2, 0) is 0 Å². The zero-order chi connectivity index (χ0) is 18.8. The Labute approximate surface area is 160 Å². The normalized spacial score (nSPS) is 20.1. The first-order chi connectivity index (χ1) is 13.1. The number of rotatable bonds is 6. The number of thioether (sulfide) groups is 1. The second kappa shape index (κ2) is 7.56. The average molecular weight is 384 g/mol. The molecule has 1 saturated carbocycles. The fourth-order valence-electron chi connectivity index (χ4n) is 2.99. The van der Waals surface area contributed by atoms with Crippen LogP contribution in [0.3, 0.4) is 0 Å². The summed E-state index contributed by atoms with van der Waals surface area (Å²) < 4.78 is 11.0. The first-order valence-corrected chi connectivity index (χ1v) is 10.1. The summed E-state index contributed by atoms with van der Waals surface area (Å²) in [6.45, 7) is 2.04. The molecule has 2 heterocycles. The Morgan fingerprint density at radius 1 is 1.26 bits per heavy atom. The molecule has 7 nitrogen and oxygen atoms in total. The number of carbonyl (C=O) groups is 1. The third kappa shape index (κ3) is 3.75. The molecule has 0 spiro atoms. The summed E-state index contributed by atoms with van der Waals surface area (Å²) in [6, 6.07) is 11.3. The molecule has 1 N–H and O–H groups in total. The summed E-state index contributed by atoms with van der Waals surface area (Å²) in [4.78, 5) is 12.4. The summed E-state index contributed by atoms with van der Waals surface area (Å²) in [7, 11) is 0. The number of nitrogens with one attached hydrogen (secondary N) is 1. The van der Waals surface area contributed by atoms with Gasteiger partial charge in [0.05, 0.1) is 5.25 Å². The molecule has 140 valence electrons. The van der Waals surface area contributed by atoms with E-state index in [4.69, 9.17) is 8.94 Å². The number of carbonyl (C=O) groups excluding carboxylic acids is 1. The number of hydrogen-bond donors (Lipinski definition) is 1. The Kier molecular flexibility index (Phi) is 4.98. The van der Waals surface area contributed by atoms with Crippen LogP contribution in [0.2, 0.25) is 0 Å². The molecule has 8 heteroatoms. The Balaban J connectivity index is 1.32. The lowest BCUT2D eigenvalue weighted by Gasteiger charge is -2.33. The smallest absolute Gasteiger partial charge is 0.273 e. The van der Waals surface area contributed by atoms with Crippen molar-refractivity contribution in [1.29, 1.82) is 0 Å². The summed E-state index contributed by atoms with van der Waals surface area (Å²) in [5.41, 5.74) is 1.17. The van der Waals surface area contributed by atoms with E-state index in [1.54, 1.807) is 17.8 Å². The molecule has 3 aromatic rings. The van der Waals surface area contributed by atoms with Gasteiger partial charge in [0, 0.05) is 23.6 Å². The zero-order valence-electron chi connectivity index (χ0n) is 15.1. The van der Waals surface area contributed by atoms with Crippen LogP contribution >= 0.6 is 11.8 Å². The lowest BCUT2D eigenvalue weighted by molar-refractivity contribution is 0.0894. The third-order valence-corrected chi connectivity index (χ3v) is 5.69. The monoisotopic (exact) mass is 384 g/mol. The van der Waals surface area contributed by atoms with Gasteiger partial charge in [-0.2, -0.15) is 11.8 Å². The van der Waals surface area contributed by atoms with Crippen molar-refractivity contribution in [2.75, 3.05) is 6.26 Å². The fourth-order valence-corrected chi connectivity index (χ4v) is 3.29. The molecule has 4 rings (SSSR count). The van der Waals surface area contributed by atoms with Crippen molar-refractivity contribution in [1.82, 2.24) is 20.7 Å². The van der Waals surface area contributed by atoms with Crippen LogP contribution in [0.4, 0.5) is 0 Å². The van der Waals surface area contributed by atoms with E-state index in [1.807, 2.05) is 43.5 Å². The van der Waals surface area contributed by atoms with Gasteiger partial charge in [0.2, 0.25) is 11.8 Å². The summed E-state index contributed by atoms with van der Waals surface area (Å²) in [5.74, 6) is 1.85. The molecular weight excluding hydrogens is 364 g/mol. The average Bonchev–Trinajstić information content (AvgIpc) is 3.34. The Bertz CT molecular complexity index is 918. The highest BCUT2D eigenvalue weighted by molar-refractivity contribution is 7.98. The third-order valence-electron chi connectivity index (χ3n) is 4.78. The Morgan fingerprint density at radius 3 is 2.78 bits per heavy atom. The SMILES string of the molecule is CS[C@H](C)c1nnc(C2CC(NC(=O)c3cc(-c4ccccc4)on3)C2)o1. The molecule has 1 aliphatic rings. The number of aromatic nitrogens is 3. The van der Waals surface area contributed by atoms with Gasteiger partial charge in [-0.05, 0) is 26.0 Å². The van der Waals surface area contributed by atoms with E-state index in [2.05, 4.69) is 20.7 Å². The predicted octanol–water partition coefficient (Wildman–Crippen LogP) is 3.82. The number of amides is 1. The largest absolute Gasteiger partial charge is 0.424 e. The molecule has 1 fully saturated rings. The van der Waals surface area contributed by atoms with E-state index >= 15 is 0 Å². The van der Waals surface area contributed by atoms with Crippen LogP contribution in [0, 0.1) is 0 Å². The first kappa shape index (κ1) is 17.8. The highest BCUT2D eigenvalue weighted by Gasteiger charge is 2.36. The summed E-state index contributed by atoms with van der Waals surface area (Å²) in [5, 5.41) is 15.3. The van der Waals surface area contributed by atoms with Crippen molar-refractivity contribution >= 4 is 17.7 Å². The summed E-state index contributed by atoms with van der Waals surface area (Å²) >= 11 is 1.67. The number of hydrogen-bond acceptors (Lipinski definition) is 7. The molecule has 2 aromatic heterocycles. The topological polar surface area (TPSA) is 94.1 Å². The van der Waals surface area contributed by atoms with Gasteiger partial charge < -0.3 is 14.3 Å². The molecule has 1 aliphatic carbocycles. The molecular formula is C19H20N4O3S. The highest BCUT2D eigenvalue weighted by Crippen LogP contribution is 2.37. The van der Waals surface area contributed by atoms with Gasteiger partial charge in [-0.15, -0.1) is 10.2 Å². The van der Waals surface area contributed by atoms with Crippen molar-refractivity contribution in [3.05, 3.63) is 53.9 Å². The van der Waals surface area contributed by atoms with E-state index in [0.29, 0.717) is 17.5 Å². The van der Waals surface area contributed by atoms with Crippen molar-refractivity contribution in [3.8, 4) is 11.3 Å². The first-order valence-electron chi connectivity index (χ1n) is 8.83. The molecule has 0 aliphatic heterocycles. The van der Waals surface area contributed by atoms with Crippen LogP contribution in [0.1, 0.15) is 53.2 Å². The molecule has 0 bridgehead atoms. The van der Waals surface area contributed by atoms with Gasteiger partial charge >= 0.3 is 0 Å². The maximum absolute atomic E-state index is 12.4. The maximum atomic E-state index is 12.4. The van der Waals surface area contributed by atoms with Crippen LogP contribution in [0.15, 0.2) is 45.3 Å². The van der Waals surface area contributed by atoms with Gasteiger partial charge in [-0.1, -0.05) is 35.5 Å². The lowest BCUT2D eigenvalue weighted by Crippen LogP contribution is -2.43. The second-order valence-electron chi connectivity index (χ2n) is 6.64. The van der Waals surface area contributed by atoms with E-state index < -0.39 is 0 Å². The quantitative estimate of drug-likeness (QED) is 0.690. The second-order valence-corrected chi connectivity index (χ2v) is 7.82. The van der Waals surface area contributed by atoms with Crippen molar-refractivity contribution in [2.24, 2.45) is 0 Å². The molecule has 0 saturated heterocycles. The number of benzene rings is 1. The standard InChI is InChI=1S/C19H20N4O3S/c1-11(27-2)18-21-22-19(25-18)13-8-14(9-13)20-17(24)15-10-16(26-23-15)12-6-4-3-5-7-12/h3-7,10-11,13-14H,8-9H2,1-2H3,(H,20,24)/t11-,13?,14?/m1/s1. The minimum absolute atomic E-state index is 0.0766. The summed E-state index contributed by atoms with van der Waals surface area (Å²) in [6.07, 6.45) is 3.57. The molecule has 1 atom stereocenters. The predicted molar refractivity (Wildman–Crippen MR) is 101 cm³/mol. The van der Waals surface area contributed by atoms with Crippen LogP contribution in [0.5, 0.6) is 0 Å².